The maximum absolute atomic E-state index is 13.0. The number of hydrogen-bond acceptors (Lipinski definition) is 6. The Kier molecular flexibility index (Phi) is 6.21. The van der Waals surface area contributed by atoms with Crippen molar-refractivity contribution in [1.82, 2.24) is 10.2 Å². The summed E-state index contributed by atoms with van der Waals surface area (Å²) in [5, 5.41) is 12.6. The van der Waals surface area contributed by atoms with Crippen LogP contribution in [0.1, 0.15) is 17.2 Å². The zero-order chi connectivity index (χ0) is 20.1. The molecule has 1 unspecified atom stereocenters. The van der Waals surface area contributed by atoms with Gasteiger partial charge in [-0.15, -0.1) is 0 Å². The Hall–Kier alpha value is -2.58. The first-order chi connectivity index (χ1) is 13.4. The molecule has 2 aromatic rings. The van der Waals surface area contributed by atoms with E-state index in [2.05, 4.69) is 5.32 Å². The molecule has 0 spiro atoms. The highest BCUT2D eigenvalue weighted by molar-refractivity contribution is 7.91. The molecule has 3 rings (SSSR count). The van der Waals surface area contributed by atoms with E-state index in [-0.39, 0.29) is 29.7 Å². The molecule has 2 N–H and O–H groups in total. The lowest BCUT2D eigenvalue weighted by Gasteiger charge is -2.33. The second-order valence-corrected chi connectivity index (χ2v) is 9.03. The molecule has 1 fully saturated rings. The fourth-order valence-electron chi connectivity index (χ4n) is 3.27. The number of ether oxygens (including phenoxy) is 1. The Morgan fingerprint density at radius 2 is 1.86 bits per heavy atom. The molecule has 0 radical (unpaired) electrons. The predicted octanol–water partition coefficient (Wildman–Crippen LogP) is 1.49. The number of phenolic OH excluding ortho intramolecular Hbond substituents is 1. The van der Waals surface area contributed by atoms with Crippen molar-refractivity contribution in [2.75, 3.05) is 31.7 Å². The molecule has 0 aliphatic carbocycles. The van der Waals surface area contributed by atoms with Gasteiger partial charge in [0, 0.05) is 19.6 Å². The molecular weight excluding hydrogens is 380 g/mol. The highest BCUT2D eigenvalue weighted by Gasteiger charge is 2.32. The zero-order valence-corrected chi connectivity index (χ0v) is 16.5. The van der Waals surface area contributed by atoms with Gasteiger partial charge in [-0.25, -0.2) is 8.42 Å². The van der Waals surface area contributed by atoms with Crippen LogP contribution in [0.4, 0.5) is 0 Å². The smallest absolute Gasteiger partial charge is 0.242 e. The van der Waals surface area contributed by atoms with Crippen molar-refractivity contribution in [3.05, 3.63) is 59.7 Å². The number of amides is 1. The number of hydrogen-bond donors (Lipinski definition) is 2. The van der Waals surface area contributed by atoms with Crippen LogP contribution in [0.5, 0.6) is 11.5 Å². The monoisotopic (exact) mass is 404 g/mol. The minimum absolute atomic E-state index is 0.0364. The van der Waals surface area contributed by atoms with E-state index in [0.717, 1.165) is 11.1 Å². The molecule has 0 bridgehead atoms. The van der Waals surface area contributed by atoms with E-state index < -0.39 is 15.9 Å². The van der Waals surface area contributed by atoms with Crippen LogP contribution in [0, 0.1) is 0 Å². The molecule has 8 heteroatoms. The fraction of sp³-hybridized carbons (Fsp3) is 0.350. The van der Waals surface area contributed by atoms with E-state index >= 15 is 0 Å². The number of rotatable bonds is 6. The van der Waals surface area contributed by atoms with Crippen LogP contribution in [0.2, 0.25) is 0 Å². The number of nitrogens with zero attached hydrogens (tertiary/aromatic N) is 1. The molecule has 1 atom stereocenters. The van der Waals surface area contributed by atoms with E-state index in [1.807, 2.05) is 35.2 Å². The van der Waals surface area contributed by atoms with Crippen LogP contribution in [0.15, 0.2) is 48.5 Å². The molecule has 2 aromatic carbocycles. The number of nitrogens with one attached hydrogen (secondary N) is 1. The summed E-state index contributed by atoms with van der Waals surface area (Å²) in [6, 6.07) is 13.7. The normalized spacial score (nSPS) is 17.6. The lowest BCUT2D eigenvalue weighted by molar-refractivity contribution is -0.126. The van der Waals surface area contributed by atoms with Crippen LogP contribution in [-0.2, 0) is 21.2 Å². The Morgan fingerprint density at radius 1 is 1.18 bits per heavy atom. The summed E-state index contributed by atoms with van der Waals surface area (Å²) in [6.07, 6.45) is 0. The predicted molar refractivity (Wildman–Crippen MR) is 106 cm³/mol. The minimum atomic E-state index is -3.04. The number of aromatic hydroxyl groups is 1. The van der Waals surface area contributed by atoms with E-state index in [1.54, 1.807) is 12.1 Å². The van der Waals surface area contributed by atoms with E-state index in [4.69, 9.17) is 4.74 Å². The minimum Gasteiger partial charge on any atom is -0.504 e. The van der Waals surface area contributed by atoms with Gasteiger partial charge in [0.15, 0.2) is 21.3 Å². The zero-order valence-electron chi connectivity index (χ0n) is 15.7. The second kappa shape index (κ2) is 8.62. The van der Waals surface area contributed by atoms with Gasteiger partial charge in [0.1, 0.15) is 6.04 Å². The van der Waals surface area contributed by atoms with Gasteiger partial charge in [-0.1, -0.05) is 36.4 Å². The highest BCUT2D eigenvalue weighted by Crippen LogP contribution is 2.27. The van der Waals surface area contributed by atoms with Crippen molar-refractivity contribution >= 4 is 15.7 Å². The summed E-state index contributed by atoms with van der Waals surface area (Å²) in [7, 11) is -1.57. The molecule has 1 heterocycles. The van der Waals surface area contributed by atoms with Crippen molar-refractivity contribution in [3.8, 4) is 11.5 Å². The molecule has 0 saturated carbocycles. The topological polar surface area (TPSA) is 95.9 Å². The number of carbonyl (C=O) groups is 1. The number of benzene rings is 2. The highest BCUT2D eigenvalue weighted by atomic mass is 32.2. The van der Waals surface area contributed by atoms with Gasteiger partial charge >= 0.3 is 0 Å². The summed E-state index contributed by atoms with van der Waals surface area (Å²) in [5.41, 5.74) is 1.61. The van der Waals surface area contributed by atoms with E-state index in [0.29, 0.717) is 18.8 Å². The number of carbonyl (C=O) groups excluding carboxylic acids is 1. The van der Waals surface area contributed by atoms with Gasteiger partial charge in [-0.05, 0) is 23.3 Å². The van der Waals surface area contributed by atoms with Gasteiger partial charge in [-0.3, -0.25) is 9.69 Å². The van der Waals surface area contributed by atoms with E-state index in [9.17, 15) is 18.3 Å². The van der Waals surface area contributed by atoms with E-state index in [1.165, 1.54) is 13.2 Å². The van der Waals surface area contributed by atoms with Crippen LogP contribution in [-0.4, -0.2) is 56.0 Å². The van der Waals surface area contributed by atoms with Gasteiger partial charge in [0.2, 0.25) is 5.91 Å². The van der Waals surface area contributed by atoms with Crippen LogP contribution >= 0.6 is 0 Å². The molecule has 1 aliphatic heterocycles. The van der Waals surface area contributed by atoms with Crippen LogP contribution < -0.4 is 10.1 Å². The first-order valence-electron chi connectivity index (χ1n) is 9.02. The first-order valence-corrected chi connectivity index (χ1v) is 10.8. The number of methoxy groups -OCH3 is 1. The number of phenols is 1. The molecule has 1 amide bonds. The molecular formula is C20H24N2O5S. The average Bonchev–Trinajstić information content (AvgIpc) is 2.69. The first kappa shape index (κ1) is 20.2. The maximum Gasteiger partial charge on any atom is 0.242 e. The van der Waals surface area contributed by atoms with Gasteiger partial charge < -0.3 is 15.2 Å². The molecule has 1 aliphatic rings. The van der Waals surface area contributed by atoms with Gasteiger partial charge in [0.25, 0.3) is 0 Å². The van der Waals surface area contributed by atoms with Crippen molar-refractivity contribution in [1.29, 1.82) is 0 Å². The number of sulfone groups is 1. The van der Waals surface area contributed by atoms with Crippen molar-refractivity contribution in [2.24, 2.45) is 0 Å². The molecule has 150 valence electrons. The van der Waals surface area contributed by atoms with Crippen LogP contribution in [0.25, 0.3) is 0 Å². The summed E-state index contributed by atoms with van der Waals surface area (Å²) >= 11 is 0. The molecule has 0 aromatic heterocycles. The van der Waals surface area contributed by atoms with Gasteiger partial charge in [-0.2, -0.15) is 0 Å². The Morgan fingerprint density at radius 3 is 2.50 bits per heavy atom. The summed E-state index contributed by atoms with van der Waals surface area (Å²) < 4.78 is 28.6. The van der Waals surface area contributed by atoms with Gasteiger partial charge in [0.05, 0.1) is 18.6 Å². The average molecular weight is 404 g/mol. The summed E-state index contributed by atoms with van der Waals surface area (Å²) in [4.78, 5) is 14.9. The Labute approximate surface area is 164 Å². The Bertz CT molecular complexity index is 917. The van der Waals surface area contributed by atoms with Crippen molar-refractivity contribution in [3.63, 3.8) is 0 Å². The Balaban J connectivity index is 1.75. The summed E-state index contributed by atoms with van der Waals surface area (Å²) in [5.74, 6) is 0.289. The lowest BCUT2D eigenvalue weighted by atomic mass is 10.0. The SMILES string of the molecule is COc1cc(CNC(=O)C(c2ccccc2)N2CCS(=O)(=O)CC2)ccc1O. The standard InChI is InChI=1S/C20H24N2O5S/c1-27-18-13-15(7-8-17(18)23)14-21-20(24)19(16-5-3-2-4-6-16)22-9-11-28(25,26)12-10-22/h2-8,13,19,23H,9-12,14H2,1H3,(H,21,24). The third-order valence-corrected chi connectivity index (χ3v) is 6.43. The van der Waals surface area contributed by atoms with Crippen LogP contribution in [0.3, 0.4) is 0 Å². The van der Waals surface area contributed by atoms with Crippen molar-refractivity contribution < 1.29 is 23.1 Å². The molecule has 1 saturated heterocycles. The van der Waals surface area contributed by atoms with Crippen molar-refractivity contribution in [2.45, 2.75) is 12.6 Å². The quantitative estimate of drug-likeness (QED) is 0.757. The largest absolute Gasteiger partial charge is 0.504 e. The lowest BCUT2D eigenvalue weighted by Crippen LogP contribution is -2.47. The maximum atomic E-state index is 13.0. The molecule has 28 heavy (non-hydrogen) atoms. The third-order valence-electron chi connectivity index (χ3n) is 4.82. The second-order valence-electron chi connectivity index (χ2n) is 6.73. The third kappa shape index (κ3) is 4.82. The summed E-state index contributed by atoms with van der Waals surface area (Å²) in [6.45, 7) is 0.912. The fourth-order valence-corrected chi connectivity index (χ4v) is 4.50. The molecule has 7 nitrogen and oxygen atoms in total.